The van der Waals surface area contributed by atoms with Crippen LogP contribution in [-0.2, 0) is 37.5 Å². The Labute approximate surface area is 126 Å². The van der Waals surface area contributed by atoms with Crippen molar-refractivity contribution in [1.29, 1.82) is 0 Å². The van der Waals surface area contributed by atoms with E-state index in [4.69, 9.17) is 0 Å². The van der Waals surface area contributed by atoms with Crippen molar-refractivity contribution < 1.29 is 37.5 Å². The van der Waals surface area contributed by atoms with Crippen LogP contribution in [0, 0.1) is 6.92 Å². The van der Waals surface area contributed by atoms with E-state index in [1.54, 1.807) is 6.41 Å². The fourth-order valence-corrected chi connectivity index (χ4v) is 1.74. The Morgan fingerprint density at radius 2 is 1.71 bits per heavy atom. The maximum absolute atomic E-state index is 10.5. The van der Waals surface area contributed by atoms with Gasteiger partial charge in [0, 0.05) is 32.7 Å². The molecule has 0 saturated heterocycles. The van der Waals surface area contributed by atoms with E-state index >= 15 is 0 Å². The maximum atomic E-state index is 10.5. The molecule has 2 rings (SSSR count). The van der Waals surface area contributed by atoms with E-state index in [0.717, 1.165) is 22.4 Å². The number of hydrogen-bond acceptors (Lipinski definition) is 1. The van der Waals surface area contributed by atoms with Gasteiger partial charge in [-0.1, -0.05) is 66.7 Å². The third-order valence-electron chi connectivity index (χ3n) is 2.53. The molecule has 2 aromatic rings. The second kappa shape index (κ2) is 6.68. The van der Waals surface area contributed by atoms with Crippen molar-refractivity contribution in [2.75, 3.05) is 5.32 Å². The first-order valence-electron chi connectivity index (χ1n) is 5.11. The fourth-order valence-electron chi connectivity index (χ4n) is 1.74. The van der Waals surface area contributed by atoms with Crippen LogP contribution in [0.15, 0.2) is 48.5 Å². The average Bonchev–Trinajstić information content (AvgIpc) is 2.33. The van der Waals surface area contributed by atoms with E-state index in [2.05, 4.69) is 5.32 Å². The van der Waals surface area contributed by atoms with Gasteiger partial charge in [0.05, 0.1) is 6.41 Å². The standard InChI is InChI=1S/C14H12NO.Y/c1-11-6-5-9-13(14(11)15-10-16)12-7-3-2-4-8-12;/h2-9H,1H3,(H,15,16);/q-1;. The molecule has 0 saturated carbocycles. The molecule has 0 spiro atoms. The van der Waals surface area contributed by atoms with Gasteiger partial charge in [0.1, 0.15) is 0 Å². The molecule has 3 heteroatoms. The third-order valence-corrected chi connectivity index (χ3v) is 2.53. The van der Waals surface area contributed by atoms with E-state index in [9.17, 15) is 4.79 Å². The van der Waals surface area contributed by atoms with Gasteiger partial charge in [-0.05, 0) is 5.56 Å². The molecule has 2 aromatic carbocycles. The summed E-state index contributed by atoms with van der Waals surface area (Å²) in [5.41, 5.74) is 3.96. The Kier molecular flexibility index (Phi) is 5.53. The summed E-state index contributed by atoms with van der Waals surface area (Å²) in [6.45, 7) is 1.96. The molecule has 2 nitrogen and oxygen atoms in total. The molecule has 0 aliphatic rings. The van der Waals surface area contributed by atoms with Crippen LogP contribution in [-0.4, -0.2) is 6.41 Å². The van der Waals surface area contributed by atoms with E-state index in [1.807, 2.05) is 55.5 Å². The van der Waals surface area contributed by atoms with Crippen molar-refractivity contribution in [3.8, 4) is 11.1 Å². The molecule has 17 heavy (non-hydrogen) atoms. The zero-order chi connectivity index (χ0) is 11.4. The zero-order valence-electron chi connectivity index (χ0n) is 9.60. The van der Waals surface area contributed by atoms with Gasteiger partial charge in [0.15, 0.2) is 0 Å². The van der Waals surface area contributed by atoms with Gasteiger partial charge >= 0.3 is 0 Å². The summed E-state index contributed by atoms with van der Waals surface area (Å²) < 4.78 is 0. The molecular weight excluding hydrogens is 287 g/mol. The van der Waals surface area contributed by atoms with E-state index in [0.29, 0.717) is 0 Å². The number of aryl methyl sites for hydroxylation is 1. The topological polar surface area (TPSA) is 29.1 Å². The van der Waals surface area contributed by atoms with Crippen LogP contribution in [0.5, 0.6) is 0 Å². The molecule has 0 atom stereocenters. The van der Waals surface area contributed by atoms with Gasteiger partial charge < -0.3 is 10.1 Å². The summed E-state index contributed by atoms with van der Waals surface area (Å²) in [6.07, 6.45) is 1.73. The summed E-state index contributed by atoms with van der Waals surface area (Å²) in [5.74, 6) is 0. The SMILES string of the molecule is Cc1cccc(-c2ccccc2)c1N[C-]=O.[Y]. The summed E-state index contributed by atoms with van der Waals surface area (Å²) >= 11 is 0. The van der Waals surface area contributed by atoms with Crippen molar-refractivity contribution in [3.63, 3.8) is 0 Å². The van der Waals surface area contributed by atoms with E-state index in [1.165, 1.54) is 0 Å². The minimum Gasteiger partial charge on any atom is -0.489 e. The molecule has 1 radical (unpaired) electrons. The first kappa shape index (κ1) is 14.1. The molecule has 83 valence electrons. The summed E-state index contributed by atoms with van der Waals surface area (Å²) in [4.78, 5) is 10.5. The molecule has 0 bridgehead atoms. The van der Waals surface area contributed by atoms with Crippen LogP contribution in [0.1, 0.15) is 5.56 Å². The van der Waals surface area contributed by atoms with Gasteiger partial charge in [-0.15, -0.1) is 5.56 Å². The number of hydrogen-bond donors (Lipinski definition) is 1. The molecule has 0 unspecified atom stereocenters. The first-order valence-corrected chi connectivity index (χ1v) is 5.11. The minimum atomic E-state index is 0. The van der Waals surface area contributed by atoms with Gasteiger partial charge in [0.2, 0.25) is 0 Å². The molecule has 0 aliphatic heterocycles. The van der Waals surface area contributed by atoms with Crippen LogP contribution in [0.3, 0.4) is 0 Å². The summed E-state index contributed by atoms with van der Waals surface area (Å²) in [6, 6.07) is 15.9. The number of rotatable bonds is 3. The van der Waals surface area contributed by atoms with Gasteiger partial charge in [-0.2, -0.15) is 0 Å². The number of anilines is 1. The van der Waals surface area contributed by atoms with Gasteiger partial charge in [-0.3, -0.25) is 0 Å². The van der Waals surface area contributed by atoms with Crippen molar-refractivity contribution in [3.05, 3.63) is 54.1 Å². The fraction of sp³-hybridized carbons (Fsp3) is 0.0714. The Balaban J connectivity index is 0.00000144. The van der Waals surface area contributed by atoms with E-state index in [-0.39, 0.29) is 32.7 Å². The van der Waals surface area contributed by atoms with E-state index < -0.39 is 0 Å². The number of benzene rings is 2. The first-order chi connectivity index (χ1) is 7.83. The Hall–Kier alpha value is -0.986. The van der Waals surface area contributed by atoms with Crippen LogP contribution in [0.2, 0.25) is 0 Å². The molecule has 1 N–H and O–H groups in total. The maximum Gasteiger partial charge on any atom is 0.0692 e. The predicted molar refractivity (Wildman–Crippen MR) is 65.9 cm³/mol. The molecule has 0 aliphatic carbocycles. The Bertz CT molecular complexity index is 497. The van der Waals surface area contributed by atoms with Gasteiger partial charge in [-0.25, -0.2) is 0 Å². The number of nitrogens with one attached hydrogen (secondary N) is 1. The van der Waals surface area contributed by atoms with Crippen LogP contribution in [0.25, 0.3) is 11.1 Å². The van der Waals surface area contributed by atoms with Crippen molar-refractivity contribution in [2.24, 2.45) is 0 Å². The predicted octanol–water partition coefficient (Wildman–Crippen LogP) is 3.14. The van der Waals surface area contributed by atoms with Crippen LogP contribution < -0.4 is 5.32 Å². The molecular formula is C14H12NOY-. The zero-order valence-corrected chi connectivity index (χ0v) is 12.4. The minimum absolute atomic E-state index is 0. The number of carbonyl (C=O) groups excluding carboxylic acids is 1. The Morgan fingerprint density at radius 3 is 2.35 bits per heavy atom. The molecule has 0 fully saturated rings. The number of amides is 1. The van der Waals surface area contributed by atoms with Gasteiger partial charge in [0.25, 0.3) is 0 Å². The molecule has 1 amide bonds. The molecule has 0 aromatic heterocycles. The third kappa shape index (κ3) is 3.24. The largest absolute Gasteiger partial charge is 0.489 e. The molecule has 0 heterocycles. The number of para-hydroxylation sites is 1. The smallest absolute Gasteiger partial charge is 0.0692 e. The van der Waals surface area contributed by atoms with Crippen molar-refractivity contribution in [1.82, 2.24) is 0 Å². The van der Waals surface area contributed by atoms with Crippen LogP contribution in [0.4, 0.5) is 5.69 Å². The Morgan fingerprint density at radius 1 is 1.00 bits per heavy atom. The van der Waals surface area contributed by atoms with Crippen molar-refractivity contribution >= 4 is 12.1 Å². The second-order valence-electron chi connectivity index (χ2n) is 3.59. The van der Waals surface area contributed by atoms with Crippen LogP contribution >= 0.6 is 0 Å². The summed E-state index contributed by atoms with van der Waals surface area (Å²) in [5, 5.41) is 2.64. The normalized spacial score (nSPS) is 9.24. The summed E-state index contributed by atoms with van der Waals surface area (Å²) in [7, 11) is 0. The average molecular weight is 299 g/mol. The van der Waals surface area contributed by atoms with Crippen molar-refractivity contribution in [2.45, 2.75) is 6.92 Å². The second-order valence-corrected chi connectivity index (χ2v) is 3.59. The monoisotopic (exact) mass is 299 g/mol. The quantitative estimate of drug-likeness (QED) is 0.684.